The van der Waals surface area contributed by atoms with Crippen molar-refractivity contribution >= 4 is 23.4 Å². The summed E-state index contributed by atoms with van der Waals surface area (Å²) in [7, 11) is 0. The molecule has 5 heteroatoms. The highest BCUT2D eigenvalue weighted by Gasteiger charge is 2.24. The van der Waals surface area contributed by atoms with Crippen LogP contribution in [-0.4, -0.2) is 29.6 Å². The molecule has 1 aromatic carbocycles. The van der Waals surface area contributed by atoms with Gasteiger partial charge in [0, 0.05) is 5.69 Å². The van der Waals surface area contributed by atoms with Crippen LogP contribution in [0.2, 0.25) is 0 Å². The maximum Gasteiger partial charge on any atom is 0.237 e. The molecule has 1 aliphatic heterocycles. The molecule has 1 atom stereocenters. The summed E-state index contributed by atoms with van der Waals surface area (Å²) in [4.78, 5) is 11.9. The SMILES string of the molecule is CC(SC1COC1)C(=O)Nc1ccc(C#N)cc1. The Morgan fingerprint density at radius 3 is 2.67 bits per heavy atom. The lowest BCUT2D eigenvalue weighted by molar-refractivity contribution is -0.115. The number of nitriles is 1. The van der Waals surface area contributed by atoms with E-state index in [1.807, 2.05) is 13.0 Å². The van der Waals surface area contributed by atoms with Gasteiger partial charge in [-0.1, -0.05) is 0 Å². The Morgan fingerprint density at radius 2 is 2.17 bits per heavy atom. The Morgan fingerprint density at radius 1 is 1.50 bits per heavy atom. The molecule has 1 heterocycles. The van der Waals surface area contributed by atoms with E-state index in [1.165, 1.54) is 0 Å². The van der Waals surface area contributed by atoms with Crippen LogP contribution in [0.1, 0.15) is 12.5 Å². The van der Waals surface area contributed by atoms with Crippen LogP contribution in [0, 0.1) is 11.3 Å². The van der Waals surface area contributed by atoms with Crippen LogP contribution in [0.25, 0.3) is 0 Å². The number of ether oxygens (including phenoxy) is 1. The molecule has 94 valence electrons. The molecule has 2 rings (SSSR count). The van der Waals surface area contributed by atoms with Crippen LogP contribution >= 0.6 is 11.8 Å². The molecule has 1 N–H and O–H groups in total. The number of benzene rings is 1. The molecule has 1 fully saturated rings. The molecular formula is C13H14N2O2S. The largest absolute Gasteiger partial charge is 0.379 e. The third kappa shape index (κ3) is 3.25. The Labute approximate surface area is 110 Å². The summed E-state index contributed by atoms with van der Waals surface area (Å²) < 4.78 is 5.08. The van der Waals surface area contributed by atoms with Gasteiger partial charge in [0.1, 0.15) is 0 Å². The lowest BCUT2D eigenvalue weighted by Gasteiger charge is -2.27. The molecule has 1 unspecified atom stereocenters. The quantitative estimate of drug-likeness (QED) is 0.901. The number of nitrogens with zero attached hydrogens (tertiary/aromatic N) is 1. The molecule has 18 heavy (non-hydrogen) atoms. The molecule has 0 aromatic heterocycles. The number of carbonyl (C=O) groups excluding carboxylic acids is 1. The maximum absolute atomic E-state index is 11.9. The Hall–Kier alpha value is -1.51. The van der Waals surface area contributed by atoms with Gasteiger partial charge in [-0.05, 0) is 31.2 Å². The van der Waals surface area contributed by atoms with Gasteiger partial charge in [-0.3, -0.25) is 4.79 Å². The summed E-state index contributed by atoms with van der Waals surface area (Å²) in [6, 6.07) is 8.89. The van der Waals surface area contributed by atoms with Crippen molar-refractivity contribution in [2.45, 2.75) is 17.4 Å². The van der Waals surface area contributed by atoms with Crippen molar-refractivity contribution in [2.24, 2.45) is 0 Å². The van der Waals surface area contributed by atoms with Crippen molar-refractivity contribution in [1.82, 2.24) is 0 Å². The van der Waals surface area contributed by atoms with E-state index >= 15 is 0 Å². The monoisotopic (exact) mass is 262 g/mol. The second kappa shape index (κ2) is 5.89. The van der Waals surface area contributed by atoms with Crippen molar-refractivity contribution in [3.8, 4) is 6.07 Å². The average Bonchev–Trinajstić information content (AvgIpc) is 2.34. The lowest BCUT2D eigenvalue weighted by Crippen LogP contribution is -2.34. The van der Waals surface area contributed by atoms with Crippen LogP contribution in [0.15, 0.2) is 24.3 Å². The number of nitrogens with one attached hydrogen (secondary N) is 1. The molecule has 1 aliphatic rings. The van der Waals surface area contributed by atoms with Gasteiger partial charge in [-0.2, -0.15) is 5.26 Å². The van der Waals surface area contributed by atoms with Crippen molar-refractivity contribution in [1.29, 1.82) is 5.26 Å². The summed E-state index contributed by atoms with van der Waals surface area (Å²) in [5, 5.41) is 11.8. The second-order valence-electron chi connectivity index (χ2n) is 4.12. The van der Waals surface area contributed by atoms with Crippen molar-refractivity contribution in [2.75, 3.05) is 18.5 Å². The topological polar surface area (TPSA) is 62.1 Å². The molecule has 0 saturated carbocycles. The maximum atomic E-state index is 11.9. The van der Waals surface area contributed by atoms with Crippen LogP contribution in [0.3, 0.4) is 0 Å². The number of thioether (sulfide) groups is 1. The summed E-state index contributed by atoms with van der Waals surface area (Å²) >= 11 is 1.63. The minimum Gasteiger partial charge on any atom is -0.379 e. The molecule has 0 spiro atoms. The van der Waals surface area contributed by atoms with Crippen LogP contribution in [-0.2, 0) is 9.53 Å². The van der Waals surface area contributed by atoms with Crippen molar-refractivity contribution in [3.63, 3.8) is 0 Å². The zero-order chi connectivity index (χ0) is 13.0. The third-order valence-corrected chi connectivity index (χ3v) is 3.93. The minimum atomic E-state index is -0.102. The molecule has 1 amide bonds. The van der Waals surface area contributed by atoms with Crippen LogP contribution in [0.5, 0.6) is 0 Å². The first-order chi connectivity index (χ1) is 8.69. The molecule has 1 saturated heterocycles. The minimum absolute atomic E-state index is 0.0170. The number of carbonyl (C=O) groups is 1. The first kappa shape index (κ1) is 12.9. The summed E-state index contributed by atoms with van der Waals surface area (Å²) in [6.45, 7) is 3.36. The summed E-state index contributed by atoms with van der Waals surface area (Å²) in [5.74, 6) is -0.0170. The third-order valence-electron chi connectivity index (χ3n) is 2.65. The molecule has 1 aromatic rings. The lowest BCUT2D eigenvalue weighted by atomic mass is 10.2. The van der Waals surface area contributed by atoms with E-state index in [4.69, 9.17) is 10.00 Å². The summed E-state index contributed by atoms with van der Waals surface area (Å²) in [5.41, 5.74) is 1.30. The number of hydrogen-bond donors (Lipinski definition) is 1. The van der Waals surface area contributed by atoms with E-state index in [-0.39, 0.29) is 11.2 Å². The van der Waals surface area contributed by atoms with Crippen molar-refractivity contribution < 1.29 is 9.53 Å². The molecular weight excluding hydrogens is 248 g/mol. The van der Waals surface area contributed by atoms with Gasteiger partial charge in [0.05, 0.1) is 35.3 Å². The van der Waals surface area contributed by atoms with Gasteiger partial charge < -0.3 is 10.1 Å². The highest BCUT2D eigenvalue weighted by molar-refractivity contribution is 8.01. The van der Waals surface area contributed by atoms with E-state index in [0.717, 1.165) is 18.9 Å². The fourth-order valence-electron chi connectivity index (χ4n) is 1.52. The van der Waals surface area contributed by atoms with Gasteiger partial charge in [-0.15, -0.1) is 11.8 Å². The number of hydrogen-bond acceptors (Lipinski definition) is 4. The highest BCUT2D eigenvalue weighted by atomic mass is 32.2. The van der Waals surface area contributed by atoms with Gasteiger partial charge in [0.2, 0.25) is 5.91 Å². The zero-order valence-electron chi connectivity index (χ0n) is 10.1. The normalized spacial score (nSPS) is 16.4. The molecule has 0 aliphatic carbocycles. The predicted octanol–water partition coefficient (Wildman–Crippen LogP) is 2.02. The van der Waals surface area contributed by atoms with E-state index in [9.17, 15) is 4.79 Å². The van der Waals surface area contributed by atoms with Crippen LogP contribution < -0.4 is 5.32 Å². The molecule has 0 bridgehead atoms. The number of amides is 1. The van der Waals surface area contributed by atoms with Gasteiger partial charge in [0.15, 0.2) is 0 Å². The Kier molecular flexibility index (Phi) is 4.24. The van der Waals surface area contributed by atoms with E-state index in [0.29, 0.717) is 10.8 Å². The van der Waals surface area contributed by atoms with Gasteiger partial charge >= 0.3 is 0 Å². The predicted molar refractivity (Wildman–Crippen MR) is 71.4 cm³/mol. The fraction of sp³-hybridized carbons (Fsp3) is 0.385. The number of rotatable bonds is 4. The second-order valence-corrected chi connectivity index (χ2v) is 5.76. The first-order valence-electron chi connectivity index (χ1n) is 5.73. The van der Waals surface area contributed by atoms with Gasteiger partial charge in [0.25, 0.3) is 0 Å². The van der Waals surface area contributed by atoms with Gasteiger partial charge in [-0.25, -0.2) is 0 Å². The summed E-state index contributed by atoms with van der Waals surface area (Å²) in [6.07, 6.45) is 0. The fourth-order valence-corrected chi connectivity index (χ4v) is 2.62. The molecule has 4 nitrogen and oxygen atoms in total. The highest BCUT2D eigenvalue weighted by Crippen LogP contribution is 2.24. The van der Waals surface area contributed by atoms with E-state index in [1.54, 1.807) is 36.0 Å². The Bertz CT molecular complexity index is 463. The van der Waals surface area contributed by atoms with Crippen molar-refractivity contribution in [3.05, 3.63) is 29.8 Å². The Balaban J connectivity index is 1.87. The smallest absolute Gasteiger partial charge is 0.237 e. The average molecular weight is 262 g/mol. The number of anilines is 1. The van der Waals surface area contributed by atoms with E-state index in [2.05, 4.69) is 5.32 Å². The van der Waals surface area contributed by atoms with E-state index < -0.39 is 0 Å². The van der Waals surface area contributed by atoms with Crippen LogP contribution in [0.4, 0.5) is 5.69 Å². The standard InChI is InChI=1S/C13H14N2O2S/c1-9(18-12-7-17-8-12)13(16)15-11-4-2-10(6-14)3-5-11/h2-5,9,12H,7-8H2,1H3,(H,15,16). The first-order valence-corrected chi connectivity index (χ1v) is 6.67. The zero-order valence-corrected chi connectivity index (χ0v) is 10.9. The molecule has 0 radical (unpaired) electrons.